The predicted octanol–water partition coefficient (Wildman–Crippen LogP) is 2.96. The van der Waals surface area contributed by atoms with Crippen LogP contribution in [0.15, 0.2) is 60.0 Å². The van der Waals surface area contributed by atoms with E-state index in [2.05, 4.69) is 15.5 Å². The molecule has 1 N–H and O–H groups in total. The molecule has 8 nitrogen and oxygen atoms in total. The largest absolute Gasteiger partial charge is 0.495 e. The zero-order valence-corrected chi connectivity index (χ0v) is 17.7. The summed E-state index contributed by atoms with van der Waals surface area (Å²) in [5.41, 5.74) is 0.816. The Bertz CT molecular complexity index is 946. The quantitative estimate of drug-likeness (QED) is 0.371. The predicted molar refractivity (Wildman–Crippen MR) is 115 cm³/mol. The molecule has 0 fully saturated rings. The van der Waals surface area contributed by atoms with E-state index in [1.165, 1.54) is 11.8 Å². The monoisotopic (exact) mass is 428 g/mol. The molecule has 0 aliphatic carbocycles. The van der Waals surface area contributed by atoms with Crippen molar-refractivity contribution in [2.75, 3.05) is 32.6 Å². The van der Waals surface area contributed by atoms with E-state index in [-0.39, 0.29) is 11.7 Å². The zero-order chi connectivity index (χ0) is 21.2. The van der Waals surface area contributed by atoms with Gasteiger partial charge in [-0.15, -0.1) is 10.2 Å². The van der Waals surface area contributed by atoms with E-state index < -0.39 is 0 Å². The fraction of sp³-hybridized carbons (Fsp3) is 0.286. The smallest absolute Gasteiger partial charge is 0.230 e. The SMILES string of the molecule is CCOc1ccc(OCCNC(=O)CSc2nncn2-c2ccccc2OC)cc1. The number of carbonyl (C=O) groups is 1. The number of thioether (sulfide) groups is 1. The Morgan fingerprint density at radius 3 is 2.57 bits per heavy atom. The topological polar surface area (TPSA) is 87.5 Å². The standard InChI is InChI=1S/C21H24N4O4S/c1-3-28-16-8-10-17(11-9-16)29-13-12-22-20(26)14-30-21-24-23-15-25(21)18-6-4-5-7-19(18)27-2/h4-11,15H,3,12-14H2,1-2H3,(H,22,26). The van der Waals surface area contributed by atoms with Gasteiger partial charge in [-0.3, -0.25) is 9.36 Å². The van der Waals surface area contributed by atoms with E-state index in [0.29, 0.717) is 30.7 Å². The number of rotatable bonds is 11. The maximum absolute atomic E-state index is 12.2. The second-order valence-corrected chi connectivity index (χ2v) is 6.99. The highest BCUT2D eigenvalue weighted by molar-refractivity contribution is 7.99. The molecule has 0 saturated heterocycles. The lowest BCUT2D eigenvalue weighted by atomic mass is 10.3. The van der Waals surface area contributed by atoms with Gasteiger partial charge >= 0.3 is 0 Å². The minimum Gasteiger partial charge on any atom is -0.495 e. The fourth-order valence-electron chi connectivity index (χ4n) is 2.66. The summed E-state index contributed by atoms with van der Waals surface area (Å²) in [5, 5.41) is 11.5. The lowest BCUT2D eigenvalue weighted by Gasteiger charge is -2.11. The molecule has 0 saturated carbocycles. The molecular formula is C21H24N4O4S. The first kappa shape index (κ1) is 21.5. The molecule has 0 aliphatic rings. The first-order valence-electron chi connectivity index (χ1n) is 9.50. The van der Waals surface area contributed by atoms with Crippen LogP contribution in [0, 0.1) is 0 Å². The van der Waals surface area contributed by atoms with Crippen LogP contribution in [0.2, 0.25) is 0 Å². The average molecular weight is 429 g/mol. The van der Waals surface area contributed by atoms with Gasteiger partial charge in [-0.2, -0.15) is 0 Å². The molecule has 0 unspecified atom stereocenters. The highest BCUT2D eigenvalue weighted by Gasteiger charge is 2.13. The third-order valence-electron chi connectivity index (χ3n) is 4.02. The summed E-state index contributed by atoms with van der Waals surface area (Å²) in [6, 6.07) is 15.0. The van der Waals surface area contributed by atoms with Gasteiger partial charge in [0.25, 0.3) is 0 Å². The molecule has 0 radical (unpaired) electrons. The maximum atomic E-state index is 12.2. The van der Waals surface area contributed by atoms with Gasteiger partial charge in [0, 0.05) is 0 Å². The van der Waals surface area contributed by atoms with Crippen molar-refractivity contribution in [2.45, 2.75) is 12.1 Å². The Morgan fingerprint density at radius 2 is 1.83 bits per heavy atom. The summed E-state index contributed by atoms with van der Waals surface area (Å²) < 4.78 is 18.2. The summed E-state index contributed by atoms with van der Waals surface area (Å²) in [6.45, 7) is 3.35. The van der Waals surface area contributed by atoms with Crippen LogP contribution >= 0.6 is 11.8 Å². The number of carbonyl (C=O) groups excluding carboxylic acids is 1. The van der Waals surface area contributed by atoms with Crippen molar-refractivity contribution >= 4 is 17.7 Å². The number of methoxy groups -OCH3 is 1. The molecule has 1 heterocycles. The van der Waals surface area contributed by atoms with Crippen molar-refractivity contribution < 1.29 is 19.0 Å². The van der Waals surface area contributed by atoms with E-state index in [4.69, 9.17) is 14.2 Å². The first-order valence-corrected chi connectivity index (χ1v) is 10.5. The van der Waals surface area contributed by atoms with Crippen molar-refractivity contribution in [1.82, 2.24) is 20.1 Å². The Morgan fingerprint density at radius 1 is 1.10 bits per heavy atom. The van der Waals surface area contributed by atoms with E-state index in [1.807, 2.05) is 55.5 Å². The molecule has 3 rings (SSSR count). The van der Waals surface area contributed by atoms with Crippen molar-refractivity contribution in [2.24, 2.45) is 0 Å². The van der Waals surface area contributed by atoms with Crippen molar-refractivity contribution in [3.8, 4) is 22.9 Å². The van der Waals surface area contributed by atoms with E-state index in [1.54, 1.807) is 18.0 Å². The van der Waals surface area contributed by atoms with Gasteiger partial charge in [0.15, 0.2) is 5.16 Å². The summed E-state index contributed by atoms with van der Waals surface area (Å²) in [4.78, 5) is 12.2. The molecule has 0 bridgehead atoms. The van der Waals surface area contributed by atoms with Gasteiger partial charge in [-0.05, 0) is 43.3 Å². The number of benzene rings is 2. The molecule has 3 aromatic rings. The van der Waals surface area contributed by atoms with Crippen LogP contribution in [-0.4, -0.2) is 53.3 Å². The molecule has 1 amide bonds. The van der Waals surface area contributed by atoms with Crippen molar-refractivity contribution in [3.63, 3.8) is 0 Å². The number of hydrogen-bond acceptors (Lipinski definition) is 7. The van der Waals surface area contributed by atoms with Gasteiger partial charge in [0.1, 0.15) is 30.2 Å². The zero-order valence-electron chi connectivity index (χ0n) is 16.9. The van der Waals surface area contributed by atoms with Crippen LogP contribution in [-0.2, 0) is 4.79 Å². The third kappa shape index (κ3) is 5.90. The molecular weight excluding hydrogens is 404 g/mol. The number of amides is 1. The highest BCUT2D eigenvalue weighted by Crippen LogP contribution is 2.26. The van der Waals surface area contributed by atoms with E-state index >= 15 is 0 Å². The first-order chi connectivity index (χ1) is 14.7. The summed E-state index contributed by atoms with van der Waals surface area (Å²) in [6.07, 6.45) is 1.60. The molecule has 0 atom stereocenters. The molecule has 9 heteroatoms. The van der Waals surface area contributed by atoms with Crippen molar-refractivity contribution in [1.29, 1.82) is 0 Å². The van der Waals surface area contributed by atoms with Crippen LogP contribution in [0.1, 0.15) is 6.92 Å². The van der Waals surface area contributed by atoms with Gasteiger partial charge in [0.2, 0.25) is 5.91 Å². The molecule has 30 heavy (non-hydrogen) atoms. The Hall–Kier alpha value is -3.20. The number of nitrogens with one attached hydrogen (secondary N) is 1. The average Bonchev–Trinajstić information content (AvgIpc) is 3.25. The fourth-order valence-corrected chi connectivity index (χ4v) is 3.41. The molecule has 0 aliphatic heterocycles. The summed E-state index contributed by atoms with van der Waals surface area (Å²) in [5.74, 6) is 2.35. The van der Waals surface area contributed by atoms with Crippen LogP contribution in [0.5, 0.6) is 17.2 Å². The number of hydrogen-bond donors (Lipinski definition) is 1. The minimum absolute atomic E-state index is 0.107. The van der Waals surface area contributed by atoms with E-state index in [9.17, 15) is 4.79 Å². The lowest BCUT2D eigenvalue weighted by molar-refractivity contribution is -0.118. The van der Waals surface area contributed by atoms with Gasteiger partial charge < -0.3 is 19.5 Å². The van der Waals surface area contributed by atoms with Crippen LogP contribution in [0.4, 0.5) is 0 Å². The molecule has 1 aromatic heterocycles. The van der Waals surface area contributed by atoms with E-state index in [0.717, 1.165) is 17.2 Å². The second kappa shape index (κ2) is 11.1. The Kier molecular flexibility index (Phi) is 7.96. The maximum Gasteiger partial charge on any atom is 0.230 e. The van der Waals surface area contributed by atoms with Gasteiger partial charge in [-0.1, -0.05) is 23.9 Å². The van der Waals surface area contributed by atoms with Crippen LogP contribution < -0.4 is 19.5 Å². The summed E-state index contributed by atoms with van der Waals surface area (Å²) >= 11 is 1.30. The molecule has 158 valence electrons. The molecule has 2 aromatic carbocycles. The third-order valence-corrected chi connectivity index (χ3v) is 4.96. The number of ether oxygens (including phenoxy) is 3. The van der Waals surface area contributed by atoms with Crippen molar-refractivity contribution in [3.05, 3.63) is 54.9 Å². The number of nitrogens with zero attached hydrogens (tertiary/aromatic N) is 3. The lowest BCUT2D eigenvalue weighted by Crippen LogP contribution is -2.29. The van der Waals surface area contributed by atoms with Gasteiger partial charge in [-0.25, -0.2) is 0 Å². The minimum atomic E-state index is -0.107. The van der Waals surface area contributed by atoms with Crippen LogP contribution in [0.3, 0.4) is 0 Å². The summed E-state index contributed by atoms with van der Waals surface area (Å²) in [7, 11) is 1.61. The normalized spacial score (nSPS) is 10.5. The Labute approximate surface area is 179 Å². The molecule has 0 spiro atoms. The van der Waals surface area contributed by atoms with Gasteiger partial charge in [0.05, 0.1) is 31.7 Å². The Balaban J connectivity index is 1.43. The number of aromatic nitrogens is 3. The van der Waals surface area contributed by atoms with Crippen LogP contribution in [0.25, 0.3) is 5.69 Å². The number of para-hydroxylation sites is 2. The highest BCUT2D eigenvalue weighted by atomic mass is 32.2. The second-order valence-electron chi connectivity index (χ2n) is 6.05.